The van der Waals surface area contributed by atoms with Crippen LogP contribution in [0.1, 0.15) is 26.2 Å². The zero-order valence-corrected chi connectivity index (χ0v) is 14.0. The number of ether oxygens (including phenoxy) is 2. The lowest BCUT2D eigenvalue weighted by Gasteiger charge is -2.31. The number of nitrogens with one attached hydrogen (secondary N) is 1. The Morgan fingerprint density at radius 3 is 2.32 bits per heavy atom. The van der Waals surface area contributed by atoms with E-state index in [1.807, 2.05) is 38.2 Å². The normalized spacial score (nSPS) is 16.6. The van der Waals surface area contributed by atoms with Crippen LogP contribution in [-0.4, -0.2) is 51.3 Å². The van der Waals surface area contributed by atoms with Crippen molar-refractivity contribution in [3.8, 4) is 11.5 Å². The van der Waals surface area contributed by atoms with Crippen LogP contribution in [0.5, 0.6) is 11.5 Å². The lowest BCUT2D eigenvalue weighted by Crippen LogP contribution is -2.37. The van der Waals surface area contributed by atoms with Crippen molar-refractivity contribution >= 4 is 0 Å². The summed E-state index contributed by atoms with van der Waals surface area (Å²) < 4.78 is 11.3. The Balaban J connectivity index is 1.61. The highest BCUT2D eigenvalue weighted by molar-refractivity contribution is 5.31. The summed E-state index contributed by atoms with van der Waals surface area (Å²) >= 11 is 0. The molecule has 1 aromatic carbocycles. The maximum atomic E-state index is 5.83. The number of hydrogen-bond acceptors (Lipinski definition) is 4. The molecule has 4 heteroatoms. The minimum absolute atomic E-state index is 0.699. The molecule has 124 valence electrons. The number of likely N-dealkylation sites (tertiary alicyclic amines) is 1. The average Bonchev–Trinajstić information content (AvgIpc) is 2.56. The van der Waals surface area contributed by atoms with Crippen molar-refractivity contribution in [2.45, 2.75) is 26.2 Å². The van der Waals surface area contributed by atoms with Gasteiger partial charge in [-0.2, -0.15) is 0 Å². The molecule has 2 rings (SSSR count). The predicted molar refractivity (Wildman–Crippen MR) is 90.8 cm³/mol. The molecule has 1 aliphatic rings. The van der Waals surface area contributed by atoms with Gasteiger partial charge in [-0.05, 0) is 83.1 Å². The molecule has 22 heavy (non-hydrogen) atoms. The monoisotopic (exact) mass is 306 g/mol. The Hall–Kier alpha value is -1.26. The maximum Gasteiger partial charge on any atom is 0.119 e. The average molecular weight is 306 g/mol. The molecule has 1 fully saturated rings. The molecule has 0 aromatic heterocycles. The third-order valence-corrected chi connectivity index (χ3v) is 4.32. The lowest BCUT2D eigenvalue weighted by atomic mass is 9.93. The second kappa shape index (κ2) is 9.70. The Bertz CT molecular complexity index is 400. The van der Waals surface area contributed by atoms with Crippen LogP contribution < -0.4 is 14.8 Å². The van der Waals surface area contributed by atoms with E-state index in [9.17, 15) is 0 Å². The number of benzene rings is 1. The molecule has 1 aliphatic heterocycles. The van der Waals surface area contributed by atoms with Crippen molar-refractivity contribution in [2.75, 3.05) is 46.4 Å². The molecule has 0 spiro atoms. The molecule has 1 heterocycles. The van der Waals surface area contributed by atoms with Gasteiger partial charge < -0.3 is 14.8 Å². The Labute approximate surface area is 134 Å². The number of rotatable bonds is 9. The van der Waals surface area contributed by atoms with Crippen molar-refractivity contribution in [3.63, 3.8) is 0 Å². The first kappa shape index (κ1) is 17.1. The van der Waals surface area contributed by atoms with Gasteiger partial charge in [-0.15, -0.1) is 0 Å². The third-order valence-electron chi connectivity index (χ3n) is 4.32. The summed E-state index contributed by atoms with van der Waals surface area (Å²) in [5.41, 5.74) is 0. The second-order valence-corrected chi connectivity index (χ2v) is 5.93. The van der Waals surface area contributed by atoms with E-state index in [2.05, 4.69) is 10.2 Å². The summed E-state index contributed by atoms with van der Waals surface area (Å²) in [4.78, 5) is 2.52. The molecule has 0 unspecified atom stereocenters. The Kier molecular flexibility index (Phi) is 7.54. The zero-order chi connectivity index (χ0) is 15.6. The van der Waals surface area contributed by atoms with E-state index in [1.54, 1.807) is 0 Å². The molecule has 0 atom stereocenters. The van der Waals surface area contributed by atoms with Crippen molar-refractivity contribution in [1.29, 1.82) is 0 Å². The van der Waals surface area contributed by atoms with Crippen LogP contribution in [0.15, 0.2) is 24.3 Å². The smallest absolute Gasteiger partial charge is 0.119 e. The highest BCUT2D eigenvalue weighted by Gasteiger charge is 2.18. The van der Waals surface area contributed by atoms with Gasteiger partial charge in [0, 0.05) is 6.54 Å². The SMILES string of the molecule is CCOc1ccc(OCCN2CCC(CCNC)CC2)cc1. The molecule has 0 amide bonds. The minimum atomic E-state index is 0.699. The highest BCUT2D eigenvalue weighted by atomic mass is 16.5. The van der Waals surface area contributed by atoms with Crippen molar-refractivity contribution < 1.29 is 9.47 Å². The molecule has 1 saturated heterocycles. The van der Waals surface area contributed by atoms with Gasteiger partial charge in [-0.25, -0.2) is 0 Å². The van der Waals surface area contributed by atoms with Crippen LogP contribution in [0.2, 0.25) is 0 Å². The first-order chi connectivity index (χ1) is 10.8. The van der Waals surface area contributed by atoms with Crippen LogP contribution in [0.25, 0.3) is 0 Å². The number of piperidine rings is 1. The van der Waals surface area contributed by atoms with Crippen LogP contribution in [0.4, 0.5) is 0 Å². The predicted octanol–water partition coefficient (Wildman–Crippen LogP) is 2.79. The van der Waals surface area contributed by atoms with E-state index in [4.69, 9.17) is 9.47 Å². The van der Waals surface area contributed by atoms with Gasteiger partial charge in [-0.3, -0.25) is 4.90 Å². The fraction of sp³-hybridized carbons (Fsp3) is 0.667. The van der Waals surface area contributed by atoms with E-state index in [0.717, 1.165) is 37.1 Å². The van der Waals surface area contributed by atoms with E-state index in [1.165, 1.54) is 32.4 Å². The first-order valence-electron chi connectivity index (χ1n) is 8.54. The zero-order valence-electron chi connectivity index (χ0n) is 14.0. The van der Waals surface area contributed by atoms with Gasteiger partial charge in [0.25, 0.3) is 0 Å². The fourth-order valence-electron chi connectivity index (χ4n) is 2.94. The third kappa shape index (κ3) is 5.85. The van der Waals surface area contributed by atoms with Crippen molar-refractivity contribution in [3.05, 3.63) is 24.3 Å². The molecule has 1 N–H and O–H groups in total. The van der Waals surface area contributed by atoms with E-state index >= 15 is 0 Å². The molecule has 0 radical (unpaired) electrons. The van der Waals surface area contributed by atoms with E-state index in [-0.39, 0.29) is 0 Å². The number of nitrogens with zero attached hydrogens (tertiary/aromatic N) is 1. The quantitative estimate of drug-likeness (QED) is 0.760. The fourth-order valence-corrected chi connectivity index (χ4v) is 2.94. The maximum absolute atomic E-state index is 5.83. The summed E-state index contributed by atoms with van der Waals surface area (Å²) in [5, 5.41) is 3.25. The molecule has 1 aromatic rings. The van der Waals surface area contributed by atoms with Gasteiger partial charge in [-0.1, -0.05) is 0 Å². The van der Waals surface area contributed by atoms with Crippen molar-refractivity contribution in [1.82, 2.24) is 10.2 Å². The van der Waals surface area contributed by atoms with Gasteiger partial charge in [0.1, 0.15) is 18.1 Å². The highest BCUT2D eigenvalue weighted by Crippen LogP contribution is 2.20. The lowest BCUT2D eigenvalue weighted by molar-refractivity contribution is 0.151. The summed E-state index contributed by atoms with van der Waals surface area (Å²) in [6.07, 6.45) is 3.96. The largest absolute Gasteiger partial charge is 0.494 e. The minimum Gasteiger partial charge on any atom is -0.494 e. The second-order valence-electron chi connectivity index (χ2n) is 5.93. The van der Waals surface area contributed by atoms with Gasteiger partial charge in [0.15, 0.2) is 0 Å². The molecule has 0 saturated carbocycles. The van der Waals surface area contributed by atoms with Crippen LogP contribution in [0.3, 0.4) is 0 Å². The standard InChI is InChI=1S/C18H30N2O2/c1-3-21-17-4-6-18(7-5-17)22-15-14-20-12-9-16(10-13-20)8-11-19-2/h4-7,16,19H,3,8-15H2,1-2H3. The summed E-state index contributed by atoms with van der Waals surface area (Å²) in [7, 11) is 2.04. The molecular formula is C18H30N2O2. The Morgan fingerprint density at radius 2 is 1.73 bits per heavy atom. The number of hydrogen-bond donors (Lipinski definition) is 1. The topological polar surface area (TPSA) is 33.7 Å². The summed E-state index contributed by atoms with van der Waals surface area (Å²) in [5.74, 6) is 2.72. The van der Waals surface area contributed by atoms with Crippen molar-refractivity contribution in [2.24, 2.45) is 5.92 Å². The van der Waals surface area contributed by atoms with Crippen LogP contribution >= 0.6 is 0 Å². The van der Waals surface area contributed by atoms with Gasteiger partial charge >= 0.3 is 0 Å². The molecule has 0 bridgehead atoms. The summed E-state index contributed by atoms with van der Waals surface area (Å²) in [6, 6.07) is 7.89. The van der Waals surface area contributed by atoms with Gasteiger partial charge in [0.05, 0.1) is 6.61 Å². The van der Waals surface area contributed by atoms with E-state index in [0.29, 0.717) is 6.61 Å². The Morgan fingerprint density at radius 1 is 1.09 bits per heavy atom. The molecule has 4 nitrogen and oxygen atoms in total. The van der Waals surface area contributed by atoms with E-state index < -0.39 is 0 Å². The first-order valence-corrected chi connectivity index (χ1v) is 8.54. The van der Waals surface area contributed by atoms with Gasteiger partial charge in [0.2, 0.25) is 0 Å². The van der Waals surface area contributed by atoms with Crippen LogP contribution in [-0.2, 0) is 0 Å². The molecule has 0 aliphatic carbocycles. The van der Waals surface area contributed by atoms with Crippen LogP contribution in [0, 0.1) is 5.92 Å². The summed E-state index contributed by atoms with van der Waals surface area (Å²) in [6.45, 7) is 8.03. The molecular weight excluding hydrogens is 276 g/mol.